The summed E-state index contributed by atoms with van der Waals surface area (Å²) < 4.78 is 5.95. The second kappa shape index (κ2) is 14.8. The largest absolute Gasteiger partial charge is 0.492 e. The van der Waals surface area contributed by atoms with E-state index in [9.17, 15) is 5.26 Å². The van der Waals surface area contributed by atoms with Gasteiger partial charge in [-0.15, -0.1) is 0 Å². The van der Waals surface area contributed by atoms with Crippen molar-refractivity contribution < 1.29 is 4.74 Å². The standard InChI is InChI=1S/C31H42NO/c1-2-3-4-5-6-7-8-12-23-33-31-22-21-29(24-30(31)25-32)28-19-17-27(18-20-28)16-15-26-13-10-9-11-14-26/h9,17-22,24,26H,2-8,10-16,23H2,1H3. The molecule has 2 heteroatoms. The monoisotopic (exact) mass is 444 g/mol. The summed E-state index contributed by atoms with van der Waals surface area (Å²) in [7, 11) is 0. The summed E-state index contributed by atoms with van der Waals surface area (Å²) in [5.41, 5.74) is 4.29. The zero-order valence-corrected chi connectivity index (χ0v) is 20.7. The van der Waals surface area contributed by atoms with Gasteiger partial charge in [-0.05, 0) is 73.3 Å². The van der Waals surface area contributed by atoms with Crippen LogP contribution in [0.15, 0.2) is 42.5 Å². The van der Waals surface area contributed by atoms with Gasteiger partial charge >= 0.3 is 0 Å². The molecule has 1 aliphatic carbocycles. The highest BCUT2D eigenvalue weighted by Crippen LogP contribution is 2.29. The van der Waals surface area contributed by atoms with Crippen LogP contribution in [0.4, 0.5) is 0 Å². The van der Waals surface area contributed by atoms with Crippen LogP contribution in [-0.4, -0.2) is 6.61 Å². The number of hydrogen-bond donors (Lipinski definition) is 0. The van der Waals surface area contributed by atoms with Crippen molar-refractivity contribution >= 4 is 0 Å². The van der Waals surface area contributed by atoms with Crippen LogP contribution >= 0.6 is 0 Å². The third-order valence-electron chi connectivity index (χ3n) is 7.04. The third-order valence-corrected chi connectivity index (χ3v) is 7.04. The molecule has 0 aliphatic heterocycles. The lowest BCUT2D eigenvalue weighted by Gasteiger charge is -2.21. The van der Waals surface area contributed by atoms with E-state index in [-0.39, 0.29) is 0 Å². The molecule has 0 spiro atoms. The number of nitriles is 1. The smallest absolute Gasteiger partial charge is 0.137 e. The molecular formula is C31H42NO. The van der Waals surface area contributed by atoms with Gasteiger partial charge in [0.1, 0.15) is 11.8 Å². The van der Waals surface area contributed by atoms with Gasteiger partial charge in [-0.2, -0.15) is 5.26 Å². The summed E-state index contributed by atoms with van der Waals surface area (Å²) in [4.78, 5) is 0. The summed E-state index contributed by atoms with van der Waals surface area (Å²) in [5, 5.41) is 9.64. The van der Waals surface area contributed by atoms with Crippen molar-refractivity contribution in [3.05, 3.63) is 60.0 Å². The van der Waals surface area contributed by atoms with Crippen molar-refractivity contribution in [2.24, 2.45) is 5.92 Å². The molecule has 177 valence electrons. The molecule has 0 atom stereocenters. The first-order valence-corrected chi connectivity index (χ1v) is 13.4. The second-order valence-electron chi connectivity index (χ2n) is 9.69. The Morgan fingerprint density at radius 1 is 0.848 bits per heavy atom. The van der Waals surface area contributed by atoms with E-state index < -0.39 is 0 Å². The molecule has 1 radical (unpaired) electrons. The molecule has 1 aliphatic rings. The Morgan fingerprint density at radius 2 is 1.52 bits per heavy atom. The normalized spacial score (nSPS) is 14.2. The van der Waals surface area contributed by atoms with Gasteiger partial charge in [-0.1, -0.05) is 95.0 Å². The lowest BCUT2D eigenvalue weighted by atomic mass is 9.85. The van der Waals surface area contributed by atoms with E-state index in [2.05, 4.69) is 49.7 Å². The van der Waals surface area contributed by atoms with Crippen molar-refractivity contribution in [2.45, 2.75) is 96.8 Å². The minimum atomic E-state index is 0.630. The quantitative estimate of drug-likeness (QED) is 0.272. The van der Waals surface area contributed by atoms with E-state index >= 15 is 0 Å². The van der Waals surface area contributed by atoms with E-state index in [1.54, 1.807) is 0 Å². The molecule has 2 aromatic carbocycles. The average molecular weight is 445 g/mol. The molecule has 0 saturated heterocycles. The number of hydrogen-bond acceptors (Lipinski definition) is 2. The lowest BCUT2D eigenvalue weighted by molar-refractivity contribution is 0.303. The Kier molecular flexibility index (Phi) is 11.4. The van der Waals surface area contributed by atoms with Gasteiger partial charge in [0, 0.05) is 0 Å². The molecule has 0 N–H and O–H groups in total. The molecule has 3 rings (SSSR count). The summed E-state index contributed by atoms with van der Waals surface area (Å²) in [6.45, 7) is 2.95. The summed E-state index contributed by atoms with van der Waals surface area (Å²) in [6, 6.07) is 17.2. The number of nitrogens with zero attached hydrogens (tertiary/aromatic N) is 1. The maximum atomic E-state index is 9.64. The minimum Gasteiger partial charge on any atom is -0.492 e. The van der Waals surface area contributed by atoms with Gasteiger partial charge in [0.15, 0.2) is 0 Å². The number of rotatable bonds is 14. The fraction of sp³-hybridized carbons (Fsp3) is 0.548. The van der Waals surface area contributed by atoms with Crippen LogP contribution in [0.5, 0.6) is 5.75 Å². The van der Waals surface area contributed by atoms with Crippen molar-refractivity contribution in [1.29, 1.82) is 5.26 Å². The second-order valence-corrected chi connectivity index (χ2v) is 9.69. The Bertz CT molecular complexity index is 842. The first kappa shape index (κ1) is 25.4. The lowest BCUT2D eigenvalue weighted by Crippen LogP contribution is -2.07. The van der Waals surface area contributed by atoms with Crippen LogP contribution in [0.3, 0.4) is 0 Å². The summed E-state index contributed by atoms with van der Waals surface area (Å²) in [6.07, 6.45) is 20.5. The summed E-state index contributed by atoms with van der Waals surface area (Å²) in [5.74, 6) is 1.61. The van der Waals surface area contributed by atoms with Crippen molar-refractivity contribution in [3.8, 4) is 22.9 Å². The Balaban J connectivity index is 1.44. The zero-order chi connectivity index (χ0) is 23.1. The summed E-state index contributed by atoms with van der Waals surface area (Å²) >= 11 is 0. The van der Waals surface area contributed by atoms with Gasteiger partial charge in [-0.3, -0.25) is 0 Å². The zero-order valence-electron chi connectivity index (χ0n) is 20.7. The van der Waals surface area contributed by atoms with Crippen LogP contribution in [0.2, 0.25) is 0 Å². The van der Waals surface area contributed by atoms with Gasteiger partial charge in [-0.25, -0.2) is 0 Å². The van der Waals surface area contributed by atoms with E-state index in [0.29, 0.717) is 17.9 Å². The van der Waals surface area contributed by atoms with Crippen LogP contribution < -0.4 is 4.74 Å². The highest BCUT2D eigenvalue weighted by Gasteiger charge is 2.13. The fourth-order valence-electron chi connectivity index (χ4n) is 4.86. The molecule has 1 fully saturated rings. The van der Waals surface area contributed by atoms with E-state index in [4.69, 9.17) is 4.74 Å². The van der Waals surface area contributed by atoms with E-state index in [0.717, 1.165) is 23.5 Å². The highest BCUT2D eigenvalue weighted by molar-refractivity contribution is 5.67. The Morgan fingerprint density at radius 3 is 2.21 bits per heavy atom. The molecule has 2 aromatic rings. The molecule has 1 saturated carbocycles. The molecule has 0 amide bonds. The highest BCUT2D eigenvalue weighted by atomic mass is 16.5. The first-order chi connectivity index (χ1) is 16.3. The predicted molar refractivity (Wildman–Crippen MR) is 139 cm³/mol. The van der Waals surface area contributed by atoms with Crippen LogP contribution in [0.25, 0.3) is 11.1 Å². The fourth-order valence-corrected chi connectivity index (χ4v) is 4.86. The first-order valence-electron chi connectivity index (χ1n) is 13.4. The van der Waals surface area contributed by atoms with Gasteiger partial charge in [0.25, 0.3) is 0 Å². The number of aryl methyl sites for hydroxylation is 1. The SMILES string of the molecule is CCCCCCCCCCOc1ccc(-c2ccc(CCC3CC[CH]CC3)cc2)cc1C#N. The number of unbranched alkanes of at least 4 members (excludes halogenated alkanes) is 7. The topological polar surface area (TPSA) is 33.0 Å². The molecular weight excluding hydrogens is 402 g/mol. The van der Waals surface area contributed by atoms with Gasteiger partial charge < -0.3 is 4.74 Å². The number of benzene rings is 2. The third kappa shape index (κ3) is 8.88. The number of ether oxygens (including phenoxy) is 1. The average Bonchev–Trinajstić information content (AvgIpc) is 2.87. The van der Waals surface area contributed by atoms with Crippen molar-refractivity contribution in [2.75, 3.05) is 6.61 Å². The van der Waals surface area contributed by atoms with Crippen LogP contribution in [0, 0.1) is 23.7 Å². The molecule has 0 bridgehead atoms. The molecule has 0 unspecified atom stereocenters. The van der Waals surface area contributed by atoms with Crippen LogP contribution in [-0.2, 0) is 6.42 Å². The van der Waals surface area contributed by atoms with Crippen LogP contribution in [0.1, 0.15) is 102 Å². The molecule has 0 heterocycles. The van der Waals surface area contributed by atoms with Crippen molar-refractivity contribution in [1.82, 2.24) is 0 Å². The van der Waals surface area contributed by atoms with E-state index in [1.807, 2.05) is 12.1 Å². The molecule has 2 nitrogen and oxygen atoms in total. The Hall–Kier alpha value is -2.27. The Labute approximate surface area is 202 Å². The van der Waals surface area contributed by atoms with E-state index in [1.165, 1.54) is 89.0 Å². The minimum absolute atomic E-state index is 0.630. The predicted octanol–water partition coefficient (Wildman–Crippen LogP) is 9.07. The maximum absolute atomic E-state index is 9.64. The van der Waals surface area contributed by atoms with Crippen molar-refractivity contribution in [3.63, 3.8) is 0 Å². The molecule has 0 aromatic heterocycles. The maximum Gasteiger partial charge on any atom is 0.137 e. The molecule has 33 heavy (non-hydrogen) atoms. The van der Waals surface area contributed by atoms with Gasteiger partial charge in [0.05, 0.1) is 12.2 Å². The van der Waals surface area contributed by atoms with Gasteiger partial charge in [0.2, 0.25) is 0 Å².